The van der Waals surface area contributed by atoms with Crippen LogP contribution in [0.3, 0.4) is 0 Å². The summed E-state index contributed by atoms with van der Waals surface area (Å²) in [5.41, 5.74) is 0.318. The fourth-order valence-corrected chi connectivity index (χ4v) is 4.35. The van der Waals surface area contributed by atoms with Crippen LogP contribution in [0.15, 0.2) is 22.8 Å². The average Bonchev–Trinajstić information content (AvgIpc) is 3.22. The van der Waals surface area contributed by atoms with E-state index in [2.05, 4.69) is 4.90 Å². The molecule has 0 unspecified atom stereocenters. The van der Waals surface area contributed by atoms with Crippen LogP contribution in [0.4, 0.5) is 0 Å². The number of methoxy groups -OCH3 is 2. The lowest BCUT2D eigenvalue weighted by Crippen LogP contribution is -2.45. The number of nitrogens with zero attached hydrogens (tertiary/aromatic N) is 2. The first-order valence-electron chi connectivity index (χ1n) is 9.18. The summed E-state index contributed by atoms with van der Waals surface area (Å²) in [5, 5.41) is 0. The summed E-state index contributed by atoms with van der Waals surface area (Å²) >= 11 is 0. The first kappa shape index (κ1) is 18.4. The van der Waals surface area contributed by atoms with Crippen molar-refractivity contribution in [2.75, 3.05) is 53.6 Å². The van der Waals surface area contributed by atoms with E-state index in [0.717, 1.165) is 64.4 Å². The van der Waals surface area contributed by atoms with Crippen LogP contribution in [0.25, 0.3) is 0 Å². The zero-order chi connectivity index (χ0) is 17.7. The van der Waals surface area contributed by atoms with Crippen molar-refractivity contribution in [3.05, 3.63) is 24.2 Å². The van der Waals surface area contributed by atoms with Crippen molar-refractivity contribution in [1.82, 2.24) is 9.80 Å². The Morgan fingerprint density at radius 2 is 2.12 bits per heavy atom. The third-order valence-electron chi connectivity index (χ3n) is 5.75. The predicted molar refractivity (Wildman–Crippen MR) is 94.4 cm³/mol. The summed E-state index contributed by atoms with van der Waals surface area (Å²) in [5.74, 6) is 0.921. The Hall–Kier alpha value is -1.37. The van der Waals surface area contributed by atoms with Gasteiger partial charge >= 0.3 is 0 Å². The molecule has 2 saturated heterocycles. The number of hydrogen-bond donors (Lipinski definition) is 0. The summed E-state index contributed by atoms with van der Waals surface area (Å²) in [6.07, 6.45) is 5.29. The number of furan rings is 1. The van der Waals surface area contributed by atoms with Crippen molar-refractivity contribution in [2.24, 2.45) is 5.41 Å². The number of ether oxygens (including phenoxy) is 2. The molecular weight excluding hydrogens is 320 g/mol. The Bertz CT molecular complexity index is 538. The first-order valence-corrected chi connectivity index (χ1v) is 9.18. The number of rotatable bonds is 7. The fourth-order valence-electron chi connectivity index (χ4n) is 4.35. The molecule has 2 aliphatic heterocycles. The summed E-state index contributed by atoms with van der Waals surface area (Å²) in [4.78, 5) is 17.0. The van der Waals surface area contributed by atoms with E-state index in [1.807, 2.05) is 17.0 Å². The maximum atomic E-state index is 12.5. The van der Waals surface area contributed by atoms with Gasteiger partial charge in [-0.15, -0.1) is 0 Å². The highest BCUT2D eigenvalue weighted by atomic mass is 16.5. The van der Waals surface area contributed by atoms with Gasteiger partial charge in [0.05, 0.1) is 25.9 Å². The van der Waals surface area contributed by atoms with E-state index < -0.39 is 0 Å². The SMILES string of the molecule is COCCN1CC2(CCN(C(=O)Cc3ccco3)CC2)C[C@H]1COC. The molecule has 25 heavy (non-hydrogen) atoms. The number of piperidine rings is 1. The van der Waals surface area contributed by atoms with Crippen molar-refractivity contribution >= 4 is 5.91 Å². The summed E-state index contributed by atoms with van der Waals surface area (Å²) < 4.78 is 16.0. The molecule has 1 atom stereocenters. The summed E-state index contributed by atoms with van der Waals surface area (Å²) in [6, 6.07) is 4.16. The molecule has 6 heteroatoms. The maximum absolute atomic E-state index is 12.5. The molecule has 3 heterocycles. The van der Waals surface area contributed by atoms with Gasteiger partial charge in [-0.1, -0.05) is 0 Å². The molecule has 2 fully saturated rings. The Morgan fingerprint density at radius 3 is 2.76 bits per heavy atom. The molecule has 1 aromatic rings. The molecule has 6 nitrogen and oxygen atoms in total. The van der Waals surface area contributed by atoms with Gasteiger partial charge in [0.25, 0.3) is 0 Å². The normalized spacial score (nSPS) is 23.4. The lowest BCUT2D eigenvalue weighted by Gasteiger charge is -2.39. The van der Waals surface area contributed by atoms with E-state index in [4.69, 9.17) is 13.9 Å². The Balaban J connectivity index is 1.54. The van der Waals surface area contributed by atoms with Gasteiger partial charge in [-0.3, -0.25) is 9.69 Å². The second-order valence-electron chi connectivity index (χ2n) is 7.41. The van der Waals surface area contributed by atoms with Gasteiger partial charge in [0, 0.05) is 46.4 Å². The van der Waals surface area contributed by atoms with Crippen LogP contribution in [-0.2, 0) is 20.7 Å². The van der Waals surface area contributed by atoms with Crippen molar-refractivity contribution < 1.29 is 18.7 Å². The third-order valence-corrected chi connectivity index (χ3v) is 5.75. The number of likely N-dealkylation sites (tertiary alicyclic amines) is 2. The lowest BCUT2D eigenvalue weighted by molar-refractivity contribution is -0.133. The van der Waals surface area contributed by atoms with Crippen molar-refractivity contribution in [3.8, 4) is 0 Å². The molecule has 2 aliphatic rings. The van der Waals surface area contributed by atoms with Gasteiger partial charge in [-0.25, -0.2) is 0 Å². The second-order valence-corrected chi connectivity index (χ2v) is 7.41. The lowest BCUT2D eigenvalue weighted by atomic mass is 9.76. The third kappa shape index (κ3) is 4.43. The van der Waals surface area contributed by atoms with Crippen LogP contribution in [0.2, 0.25) is 0 Å². The largest absolute Gasteiger partial charge is 0.469 e. The highest BCUT2D eigenvalue weighted by Crippen LogP contribution is 2.43. The molecule has 0 radical (unpaired) electrons. The number of hydrogen-bond acceptors (Lipinski definition) is 5. The molecule has 0 saturated carbocycles. The monoisotopic (exact) mass is 350 g/mol. The van der Waals surface area contributed by atoms with Gasteiger partial charge in [-0.05, 0) is 36.8 Å². The molecule has 0 aliphatic carbocycles. The molecule has 0 N–H and O–H groups in total. The standard InChI is InChI=1S/C19H30N2O4/c1-23-11-9-21-15-19(13-16(21)14-24-2)5-7-20(8-6-19)18(22)12-17-4-3-10-25-17/h3-4,10,16H,5-9,11-15H2,1-2H3/t16-/m0/s1. The van der Waals surface area contributed by atoms with Gasteiger partial charge in [0.15, 0.2) is 0 Å². The minimum atomic E-state index is 0.174. The van der Waals surface area contributed by atoms with E-state index in [1.54, 1.807) is 20.5 Å². The molecule has 1 spiro atoms. The maximum Gasteiger partial charge on any atom is 0.230 e. The topological polar surface area (TPSA) is 55.2 Å². The fraction of sp³-hybridized carbons (Fsp3) is 0.737. The van der Waals surface area contributed by atoms with Crippen LogP contribution < -0.4 is 0 Å². The summed E-state index contributed by atoms with van der Waals surface area (Å²) in [7, 11) is 3.52. The van der Waals surface area contributed by atoms with Crippen LogP contribution in [0, 0.1) is 5.41 Å². The van der Waals surface area contributed by atoms with E-state index >= 15 is 0 Å². The minimum Gasteiger partial charge on any atom is -0.469 e. The highest BCUT2D eigenvalue weighted by molar-refractivity contribution is 5.78. The van der Waals surface area contributed by atoms with Gasteiger partial charge in [0.2, 0.25) is 5.91 Å². The van der Waals surface area contributed by atoms with Crippen molar-refractivity contribution in [2.45, 2.75) is 31.7 Å². The molecule has 1 amide bonds. The zero-order valence-electron chi connectivity index (χ0n) is 15.4. The molecule has 0 bridgehead atoms. The van der Waals surface area contributed by atoms with Gasteiger partial charge in [-0.2, -0.15) is 0 Å². The van der Waals surface area contributed by atoms with Crippen molar-refractivity contribution in [3.63, 3.8) is 0 Å². The van der Waals surface area contributed by atoms with E-state index in [1.165, 1.54) is 0 Å². The second kappa shape index (κ2) is 8.34. The summed E-state index contributed by atoms with van der Waals surface area (Å²) in [6.45, 7) is 5.25. The molecular formula is C19H30N2O4. The van der Waals surface area contributed by atoms with Gasteiger partial charge in [0.1, 0.15) is 5.76 Å². The number of carbonyl (C=O) groups is 1. The van der Waals surface area contributed by atoms with E-state index in [-0.39, 0.29) is 5.91 Å². The van der Waals surface area contributed by atoms with Crippen LogP contribution in [-0.4, -0.2) is 75.4 Å². The predicted octanol–water partition coefficient (Wildman–Crippen LogP) is 1.80. The molecule has 1 aromatic heterocycles. The molecule has 3 rings (SSSR count). The van der Waals surface area contributed by atoms with Crippen LogP contribution in [0.5, 0.6) is 0 Å². The smallest absolute Gasteiger partial charge is 0.230 e. The molecule has 140 valence electrons. The Kier molecular flexibility index (Phi) is 6.15. The number of carbonyl (C=O) groups excluding carboxylic acids is 1. The Morgan fingerprint density at radius 1 is 1.32 bits per heavy atom. The first-order chi connectivity index (χ1) is 12.2. The number of amides is 1. The Labute approximate surface area is 150 Å². The molecule has 0 aromatic carbocycles. The average molecular weight is 350 g/mol. The highest BCUT2D eigenvalue weighted by Gasteiger charge is 2.45. The van der Waals surface area contributed by atoms with Crippen LogP contribution in [0.1, 0.15) is 25.0 Å². The van der Waals surface area contributed by atoms with E-state index in [0.29, 0.717) is 17.9 Å². The van der Waals surface area contributed by atoms with E-state index in [9.17, 15) is 4.79 Å². The minimum absolute atomic E-state index is 0.174. The zero-order valence-corrected chi connectivity index (χ0v) is 15.4. The van der Waals surface area contributed by atoms with Gasteiger partial charge < -0.3 is 18.8 Å². The van der Waals surface area contributed by atoms with Crippen LogP contribution >= 0.6 is 0 Å². The quantitative estimate of drug-likeness (QED) is 0.751. The van der Waals surface area contributed by atoms with Crippen molar-refractivity contribution in [1.29, 1.82) is 0 Å².